The second kappa shape index (κ2) is 31.5. The highest BCUT2D eigenvalue weighted by atomic mass is 32.2. The van der Waals surface area contributed by atoms with Crippen molar-refractivity contribution in [2.75, 3.05) is 13.1 Å². The third-order valence-corrected chi connectivity index (χ3v) is 16.7. The second-order valence-electron chi connectivity index (χ2n) is 22.3. The van der Waals surface area contributed by atoms with Crippen LogP contribution in [0.25, 0.3) is 0 Å². The smallest absolute Gasteiger partial charge is 0.248 e. The maximum atomic E-state index is 14.7. The number of benzene rings is 2. The molecule has 83 heavy (non-hydrogen) atoms. The number of aliphatic hydroxyl groups is 7. The molecular formula is C56H84N8O18S. The molecule has 17 N–H and O–H groups in total. The number of phenols is 3. The largest absolute Gasteiger partial charge is 0.508 e. The molecule has 3 heterocycles. The van der Waals surface area contributed by atoms with Gasteiger partial charge >= 0.3 is 0 Å². The van der Waals surface area contributed by atoms with Crippen LogP contribution >= 0.6 is 11.8 Å². The van der Waals surface area contributed by atoms with Crippen LogP contribution in [0.4, 0.5) is 0 Å². The van der Waals surface area contributed by atoms with Gasteiger partial charge < -0.3 is 93.2 Å². The van der Waals surface area contributed by atoms with Gasteiger partial charge in [0.15, 0.2) is 11.5 Å². The number of carbonyl (C=O) groups excluding carboxylic acids is 8. The van der Waals surface area contributed by atoms with E-state index in [1.54, 1.807) is 0 Å². The molecule has 16 atom stereocenters. The summed E-state index contributed by atoms with van der Waals surface area (Å²) < 4.78 is 0. The Balaban J connectivity index is 1.56. The highest BCUT2D eigenvalue weighted by Gasteiger charge is 2.49. The van der Waals surface area contributed by atoms with Gasteiger partial charge in [-0.1, -0.05) is 89.6 Å². The number of phenolic OH excluding ortho intramolecular Hbond substituents is 3. The summed E-state index contributed by atoms with van der Waals surface area (Å²) in [6.07, 6.45) is -7.89. The van der Waals surface area contributed by atoms with E-state index in [1.165, 1.54) is 12.5 Å². The fourth-order valence-corrected chi connectivity index (χ4v) is 11.7. The number of aromatic hydroxyl groups is 3. The molecular weight excluding hydrogens is 1100 g/mol. The predicted octanol–water partition coefficient (Wildman–Crippen LogP) is -1.13. The lowest BCUT2D eigenvalue weighted by Gasteiger charge is -2.34. The number of hydrogen-bond donors (Lipinski definition) is 16. The van der Waals surface area contributed by atoms with Crippen LogP contribution in [0, 0.1) is 11.8 Å². The topological polar surface area (TPSA) is 432 Å². The minimum atomic E-state index is -2.38. The monoisotopic (exact) mass is 1190 g/mol. The predicted molar refractivity (Wildman–Crippen MR) is 299 cm³/mol. The van der Waals surface area contributed by atoms with E-state index in [1.807, 2.05) is 0 Å². The van der Waals surface area contributed by atoms with Crippen molar-refractivity contribution in [3.8, 4) is 17.2 Å². The van der Waals surface area contributed by atoms with E-state index >= 15 is 0 Å². The van der Waals surface area contributed by atoms with E-state index in [2.05, 4.69) is 47.4 Å². The minimum absolute atomic E-state index is 0.0910. The van der Waals surface area contributed by atoms with Gasteiger partial charge in [-0.3, -0.25) is 38.4 Å². The first-order chi connectivity index (χ1) is 39.2. The number of aliphatic hydroxyl groups excluding tert-OH is 7. The van der Waals surface area contributed by atoms with Gasteiger partial charge in [0.25, 0.3) is 0 Å². The highest BCUT2D eigenvalue weighted by molar-refractivity contribution is 8.00. The number of amides is 8. The zero-order valence-corrected chi connectivity index (χ0v) is 48.0. The van der Waals surface area contributed by atoms with E-state index in [9.17, 15) is 89.4 Å². The quantitative estimate of drug-likeness (QED) is 0.0490. The Morgan fingerprint density at radius 3 is 1.98 bits per heavy atom. The molecule has 0 saturated carbocycles. The number of nitrogens with zero attached hydrogens (tertiary/aromatic N) is 2. The van der Waals surface area contributed by atoms with Crippen LogP contribution in [0.2, 0.25) is 0 Å². The molecule has 3 fully saturated rings. The van der Waals surface area contributed by atoms with Gasteiger partial charge in [-0.2, -0.15) is 0 Å². The standard InChI is InChI=1S/C56H84N8O18S/c1-5-28(2)22-29(3)12-10-8-6-7-9-11-13-43(74)58-35-25-41(72)54(83-34-18-19-37(68)39(70)24-34)62-53(80)47-38(69)20-21-63(47)56(82)45(40(71)26-42(57)73)60-52(79)46(49(76)48(75)31-14-16-32(66)17-15-31)61-51(78)36-23-33(67)27-64(36)55(81)44(30(4)65)59-50(35)77/h14-19,24,28-30,33,35-36,38,40-41,44-49,54,65-72,75-76H,5-13,20-23,25-27H2,1-4H3,(H2,57,73)(H,58,74)(H,59,77)(H,60,79)(H,61,78)(H,62,80)/t28?,29?,30-,33-,35+,36+,38+,40-,41-,44+,45+,46+,47+,48+,49+,54-/m1/s1. The van der Waals surface area contributed by atoms with E-state index in [-0.39, 0.29) is 29.1 Å². The molecule has 2 unspecified atom stereocenters. The Morgan fingerprint density at radius 2 is 1.34 bits per heavy atom. The van der Waals surface area contributed by atoms with Crippen molar-refractivity contribution >= 4 is 59.0 Å². The first kappa shape index (κ1) is 67.5. The molecule has 0 spiro atoms. The van der Waals surface area contributed by atoms with Crippen molar-refractivity contribution in [2.24, 2.45) is 17.6 Å². The molecule has 26 nitrogen and oxygen atoms in total. The minimum Gasteiger partial charge on any atom is -0.508 e. The van der Waals surface area contributed by atoms with Gasteiger partial charge in [-0.05, 0) is 73.9 Å². The van der Waals surface area contributed by atoms with Gasteiger partial charge in [0, 0.05) is 37.2 Å². The SMILES string of the molecule is CCC(C)CC(C)CCCCCCCCC(=O)N[C@H]1C[C@@H](O)[C@@H](Sc2ccc(O)c(O)c2)NC(=O)[C@@H]2[C@@H](O)CCN2C(=O)[C@H]([C@H](O)CC(N)=O)NC(=O)[C@H]([C@H](O)[C@@H](O)c2ccc(O)cc2)NC(=O)[C@@H]2C[C@@H](O)CN2C(=O)[C@H]([C@@H](C)O)NC1=O. The zero-order valence-electron chi connectivity index (χ0n) is 47.2. The van der Waals surface area contributed by atoms with Gasteiger partial charge in [0.1, 0.15) is 59.6 Å². The Labute approximate surface area is 485 Å². The lowest BCUT2D eigenvalue weighted by atomic mass is 9.91. The molecule has 462 valence electrons. The molecule has 0 bridgehead atoms. The first-order valence-corrected chi connectivity index (χ1v) is 29.2. The molecule has 2 aromatic carbocycles. The number of fused-ring (bicyclic) bond motifs is 2. The number of nitrogens with one attached hydrogen (secondary N) is 5. The van der Waals surface area contributed by atoms with Gasteiger partial charge in [0.2, 0.25) is 47.3 Å². The van der Waals surface area contributed by atoms with E-state index in [0.717, 1.165) is 91.6 Å². The molecule has 5 rings (SSSR count). The lowest BCUT2D eigenvalue weighted by Crippen LogP contribution is -2.64. The number of rotatable bonds is 22. The van der Waals surface area contributed by atoms with Crippen molar-refractivity contribution in [3.63, 3.8) is 0 Å². The van der Waals surface area contributed by atoms with Crippen molar-refractivity contribution in [1.29, 1.82) is 0 Å². The van der Waals surface area contributed by atoms with E-state index in [4.69, 9.17) is 5.73 Å². The summed E-state index contributed by atoms with van der Waals surface area (Å²) in [5.74, 6) is -9.66. The Morgan fingerprint density at radius 1 is 0.711 bits per heavy atom. The first-order valence-electron chi connectivity index (χ1n) is 28.3. The number of thioether (sulfide) groups is 1. The summed E-state index contributed by atoms with van der Waals surface area (Å²) in [5.41, 5.74) is 5.28. The second-order valence-corrected chi connectivity index (χ2v) is 23.5. The van der Waals surface area contributed by atoms with Crippen LogP contribution in [-0.4, -0.2) is 199 Å². The molecule has 3 saturated heterocycles. The van der Waals surface area contributed by atoms with Gasteiger partial charge in [-0.15, -0.1) is 0 Å². The molecule has 27 heteroatoms. The molecule has 2 aromatic rings. The summed E-state index contributed by atoms with van der Waals surface area (Å²) in [6.45, 7) is 6.75. The normalized spacial score (nSPS) is 27.3. The lowest BCUT2D eigenvalue weighted by molar-refractivity contribution is -0.148. The fourth-order valence-electron chi connectivity index (χ4n) is 10.6. The third kappa shape index (κ3) is 19.1. The Bertz CT molecular complexity index is 2550. The Hall–Kier alpha value is -6.33. The van der Waals surface area contributed by atoms with E-state index in [0.29, 0.717) is 36.4 Å². The van der Waals surface area contributed by atoms with Crippen LogP contribution < -0.4 is 32.3 Å². The van der Waals surface area contributed by atoms with Crippen molar-refractivity contribution in [3.05, 3.63) is 48.0 Å². The summed E-state index contributed by atoms with van der Waals surface area (Å²) in [7, 11) is 0. The molecule has 3 aliphatic rings. The molecule has 0 aliphatic carbocycles. The maximum Gasteiger partial charge on any atom is 0.248 e. The summed E-state index contributed by atoms with van der Waals surface area (Å²) in [4.78, 5) is 115. The van der Waals surface area contributed by atoms with Crippen LogP contribution in [0.1, 0.15) is 129 Å². The number of nitrogens with two attached hydrogens (primary N) is 1. The van der Waals surface area contributed by atoms with Crippen molar-refractivity contribution < 1.29 is 89.4 Å². The van der Waals surface area contributed by atoms with Crippen molar-refractivity contribution in [1.82, 2.24) is 36.4 Å². The van der Waals surface area contributed by atoms with Crippen LogP contribution in [0.3, 0.4) is 0 Å². The average molecular weight is 1190 g/mol. The van der Waals surface area contributed by atoms with Gasteiger partial charge in [0.05, 0.1) is 36.9 Å². The highest BCUT2D eigenvalue weighted by Crippen LogP contribution is 2.34. The number of unbranched alkanes of at least 4 members (excludes halogenated alkanes) is 5. The maximum absolute atomic E-state index is 14.7. The van der Waals surface area contributed by atoms with Crippen molar-refractivity contribution in [2.45, 2.75) is 207 Å². The summed E-state index contributed by atoms with van der Waals surface area (Å²) in [6, 6.07) is -3.99. The number of carbonyl (C=O) groups is 8. The van der Waals surface area contributed by atoms with Crippen LogP contribution in [0.15, 0.2) is 47.4 Å². The van der Waals surface area contributed by atoms with Crippen LogP contribution in [-0.2, 0) is 38.4 Å². The molecule has 8 amide bonds. The third-order valence-electron chi connectivity index (χ3n) is 15.5. The Kier molecular flexibility index (Phi) is 25.6. The molecule has 3 aliphatic heterocycles. The van der Waals surface area contributed by atoms with E-state index < -0.39 is 175 Å². The fraction of sp³-hybridized carbons (Fsp3) is 0.643. The number of hydrogen-bond acceptors (Lipinski definition) is 19. The molecule has 0 radical (unpaired) electrons. The number of primary amides is 1. The van der Waals surface area contributed by atoms with Gasteiger partial charge in [-0.25, -0.2) is 0 Å². The summed E-state index contributed by atoms with van der Waals surface area (Å²) >= 11 is 0.651. The zero-order chi connectivity index (χ0) is 61.4. The summed E-state index contributed by atoms with van der Waals surface area (Å²) in [5, 5.41) is 121. The van der Waals surface area contributed by atoms with Crippen LogP contribution in [0.5, 0.6) is 17.2 Å². The average Bonchev–Trinajstić information content (AvgIpc) is 3.62. The molecule has 0 aromatic heterocycles.